The molecule has 10 nitrogen and oxygen atoms in total. The number of nitrogens with two attached hydrogens (primary N) is 2. The summed E-state index contributed by atoms with van der Waals surface area (Å²) in [6.45, 7) is 0. The molecule has 0 bridgehead atoms. The molecule has 0 aliphatic heterocycles. The van der Waals surface area contributed by atoms with E-state index in [1.807, 2.05) is 0 Å². The van der Waals surface area contributed by atoms with E-state index in [0.717, 1.165) is 0 Å². The van der Waals surface area contributed by atoms with Crippen molar-refractivity contribution in [1.82, 2.24) is 0 Å². The van der Waals surface area contributed by atoms with Crippen molar-refractivity contribution in [3.8, 4) is 23.0 Å². The van der Waals surface area contributed by atoms with E-state index >= 15 is 0 Å². The Hall–Kier alpha value is -4.34. The lowest BCUT2D eigenvalue weighted by atomic mass is 10.2. The van der Waals surface area contributed by atoms with Crippen LogP contribution in [0.15, 0.2) is 60.7 Å². The number of nitrogen functional groups attached to an aromatic ring is 2. The summed E-state index contributed by atoms with van der Waals surface area (Å²) >= 11 is 0. The number of hydrogen-bond acceptors (Lipinski definition) is 8. The van der Waals surface area contributed by atoms with Gasteiger partial charge in [0.2, 0.25) is 0 Å². The maximum atomic E-state index is 10.8. The number of nitro groups is 2. The first kappa shape index (κ1) is 18.5. The molecule has 0 spiro atoms. The Morgan fingerprint density at radius 2 is 0.929 bits per heavy atom. The van der Waals surface area contributed by atoms with Gasteiger partial charge in [-0.15, -0.1) is 0 Å². The molecule has 0 atom stereocenters. The molecule has 0 amide bonds. The van der Waals surface area contributed by atoms with E-state index in [1.165, 1.54) is 36.4 Å². The molecule has 0 saturated heterocycles. The van der Waals surface area contributed by atoms with Crippen molar-refractivity contribution in [2.24, 2.45) is 0 Å². The third kappa shape index (κ3) is 4.07. The minimum Gasteiger partial charge on any atom is -0.457 e. The lowest BCUT2D eigenvalue weighted by Crippen LogP contribution is -1.96. The van der Waals surface area contributed by atoms with Crippen molar-refractivity contribution in [1.29, 1.82) is 0 Å². The lowest BCUT2D eigenvalue weighted by Gasteiger charge is -2.09. The van der Waals surface area contributed by atoms with E-state index in [-0.39, 0.29) is 22.7 Å². The zero-order valence-corrected chi connectivity index (χ0v) is 14.3. The van der Waals surface area contributed by atoms with E-state index in [4.69, 9.17) is 20.9 Å². The molecule has 142 valence electrons. The third-order valence-corrected chi connectivity index (χ3v) is 3.69. The second-order valence-corrected chi connectivity index (χ2v) is 5.63. The number of nitro benzene ring substituents is 2. The SMILES string of the molecule is Nc1cc(Oc2ccc(Oc3ccc([N+](=O)[O-])c(N)c3)cc2)ccc1[N+](=O)[O-]. The number of nitrogens with zero attached hydrogens (tertiary/aromatic N) is 2. The second-order valence-electron chi connectivity index (χ2n) is 5.63. The van der Waals surface area contributed by atoms with Crippen molar-refractivity contribution < 1.29 is 19.3 Å². The largest absolute Gasteiger partial charge is 0.457 e. The highest BCUT2D eigenvalue weighted by molar-refractivity contribution is 5.62. The van der Waals surface area contributed by atoms with Crippen LogP contribution < -0.4 is 20.9 Å². The van der Waals surface area contributed by atoms with E-state index in [0.29, 0.717) is 23.0 Å². The molecule has 0 aromatic heterocycles. The number of anilines is 2. The molecule has 0 aliphatic carbocycles. The molecular weight excluding hydrogens is 368 g/mol. The summed E-state index contributed by atoms with van der Waals surface area (Å²) in [6.07, 6.45) is 0. The molecule has 3 aromatic carbocycles. The zero-order chi connectivity index (χ0) is 20.3. The smallest absolute Gasteiger partial charge is 0.292 e. The average Bonchev–Trinajstić information content (AvgIpc) is 2.63. The molecular formula is C18H14N4O6. The third-order valence-electron chi connectivity index (χ3n) is 3.69. The van der Waals surface area contributed by atoms with Gasteiger partial charge in [0.05, 0.1) is 9.85 Å². The summed E-state index contributed by atoms with van der Waals surface area (Å²) in [5, 5.41) is 21.6. The predicted octanol–water partition coefficient (Wildman–Crippen LogP) is 4.25. The number of hydrogen-bond donors (Lipinski definition) is 2. The Kier molecular flexibility index (Phi) is 4.94. The summed E-state index contributed by atoms with van der Waals surface area (Å²) in [5.74, 6) is 1.62. The lowest BCUT2D eigenvalue weighted by molar-refractivity contribution is -0.384. The fourth-order valence-corrected chi connectivity index (χ4v) is 2.37. The van der Waals surface area contributed by atoms with Gasteiger partial charge in [-0.1, -0.05) is 0 Å². The Morgan fingerprint density at radius 3 is 1.21 bits per heavy atom. The molecule has 0 saturated carbocycles. The fourth-order valence-electron chi connectivity index (χ4n) is 2.37. The summed E-state index contributed by atoms with van der Waals surface area (Å²) in [6, 6.07) is 14.6. The number of benzene rings is 3. The van der Waals surface area contributed by atoms with Crippen LogP contribution in [0.25, 0.3) is 0 Å². The van der Waals surface area contributed by atoms with Crippen LogP contribution in [0.1, 0.15) is 0 Å². The molecule has 0 unspecified atom stereocenters. The van der Waals surface area contributed by atoms with Crippen LogP contribution >= 0.6 is 0 Å². The van der Waals surface area contributed by atoms with Crippen molar-refractivity contribution in [2.45, 2.75) is 0 Å². The first-order valence-corrected chi connectivity index (χ1v) is 7.87. The Labute approximate surface area is 158 Å². The van der Waals surface area contributed by atoms with Gasteiger partial charge in [-0.25, -0.2) is 0 Å². The van der Waals surface area contributed by atoms with Crippen LogP contribution in [-0.2, 0) is 0 Å². The summed E-state index contributed by atoms with van der Waals surface area (Å²) in [7, 11) is 0. The highest BCUT2D eigenvalue weighted by Crippen LogP contribution is 2.32. The topological polar surface area (TPSA) is 157 Å². The van der Waals surface area contributed by atoms with Crippen molar-refractivity contribution in [3.63, 3.8) is 0 Å². The van der Waals surface area contributed by atoms with Gasteiger partial charge < -0.3 is 20.9 Å². The van der Waals surface area contributed by atoms with Gasteiger partial charge >= 0.3 is 0 Å². The maximum absolute atomic E-state index is 10.8. The van der Waals surface area contributed by atoms with Gasteiger partial charge in [-0.2, -0.15) is 0 Å². The first-order chi connectivity index (χ1) is 13.3. The molecule has 4 N–H and O–H groups in total. The minimum absolute atomic E-state index is 0.00165. The van der Waals surface area contributed by atoms with E-state index in [2.05, 4.69) is 0 Å². The maximum Gasteiger partial charge on any atom is 0.292 e. The second kappa shape index (κ2) is 7.50. The average molecular weight is 382 g/mol. The molecule has 28 heavy (non-hydrogen) atoms. The summed E-state index contributed by atoms with van der Waals surface area (Å²) < 4.78 is 11.2. The van der Waals surface area contributed by atoms with E-state index in [1.54, 1.807) is 24.3 Å². The molecule has 3 rings (SSSR count). The van der Waals surface area contributed by atoms with Gasteiger partial charge in [0, 0.05) is 24.3 Å². The summed E-state index contributed by atoms with van der Waals surface area (Å²) in [4.78, 5) is 20.4. The minimum atomic E-state index is -0.573. The van der Waals surface area contributed by atoms with E-state index < -0.39 is 9.85 Å². The predicted molar refractivity (Wildman–Crippen MR) is 102 cm³/mol. The normalized spacial score (nSPS) is 10.3. The summed E-state index contributed by atoms with van der Waals surface area (Å²) in [5.41, 5.74) is 10.9. The quantitative estimate of drug-likeness (QED) is 0.364. The Bertz CT molecular complexity index is 968. The van der Waals surface area contributed by atoms with Crippen molar-refractivity contribution >= 4 is 22.7 Å². The number of ether oxygens (including phenoxy) is 2. The molecule has 0 fully saturated rings. The van der Waals surface area contributed by atoms with Crippen LogP contribution in [0.5, 0.6) is 23.0 Å². The van der Waals surface area contributed by atoms with Crippen molar-refractivity contribution in [2.75, 3.05) is 11.5 Å². The van der Waals surface area contributed by atoms with Crippen LogP contribution in [0, 0.1) is 20.2 Å². The van der Waals surface area contributed by atoms with Crippen LogP contribution in [0.2, 0.25) is 0 Å². The number of rotatable bonds is 6. The molecule has 0 heterocycles. The highest BCUT2D eigenvalue weighted by atomic mass is 16.6. The van der Waals surface area contributed by atoms with Crippen molar-refractivity contribution in [3.05, 3.63) is 80.9 Å². The van der Waals surface area contributed by atoms with Crippen LogP contribution in [0.4, 0.5) is 22.7 Å². The fraction of sp³-hybridized carbons (Fsp3) is 0. The molecule has 0 aliphatic rings. The Morgan fingerprint density at radius 1 is 0.607 bits per heavy atom. The van der Waals surface area contributed by atoms with Gasteiger partial charge in [0.15, 0.2) is 0 Å². The first-order valence-electron chi connectivity index (χ1n) is 7.87. The van der Waals surface area contributed by atoms with Gasteiger partial charge in [-0.3, -0.25) is 20.2 Å². The standard InChI is InChI=1S/C18H14N4O6/c19-15-9-13(5-7-17(15)21(23)24)27-11-1-2-12(4-3-11)28-14-6-8-18(22(25)26)16(20)10-14/h1-10H,19-20H2. The molecule has 10 heteroatoms. The molecule has 3 aromatic rings. The van der Waals surface area contributed by atoms with Gasteiger partial charge in [-0.05, 0) is 36.4 Å². The van der Waals surface area contributed by atoms with Gasteiger partial charge in [0.1, 0.15) is 34.4 Å². The monoisotopic (exact) mass is 382 g/mol. The Balaban J connectivity index is 1.70. The highest BCUT2D eigenvalue weighted by Gasteiger charge is 2.13. The zero-order valence-electron chi connectivity index (χ0n) is 14.3. The van der Waals surface area contributed by atoms with Crippen LogP contribution in [-0.4, -0.2) is 9.85 Å². The van der Waals surface area contributed by atoms with Gasteiger partial charge in [0.25, 0.3) is 11.4 Å². The van der Waals surface area contributed by atoms with E-state index in [9.17, 15) is 20.2 Å². The molecule has 0 radical (unpaired) electrons. The van der Waals surface area contributed by atoms with Crippen LogP contribution in [0.3, 0.4) is 0 Å².